The molecule has 1 heterocycles. The Morgan fingerprint density at radius 1 is 1.03 bits per heavy atom. The number of ether oxygens (including phenoxy) is 1. The van der Waals surface area contributed by atoms with Gasteiger partial charge in [-0.2, -0.15) is 0 Å². The zero-order valence-corrected chi connectivity index (χ0v) is 17.0. The van der Waals surface area contributed by atoms with Crippen LogP contribution in [0.25, 0.3) is 28.2 Å². The Hall–Kier alpha value is -4.52. The van der Waals surface area contributed by atoms with E-state index in [1.807, 2.05) is 30.3 Å². The number of fused-ring (bicyclic) bond motifs is 1. The van der Waals surface area contributed by atoms with Gasteiger partial charge in [0.05, 0.1) is 4.92 Å². The zero-order valence-electron chi connectivity index (χ0n) is 17.0. The van der Waals surface area contributed by atoms with E-state index in [1.54, 1.807) is 25.1 Å². The van der Waals surface area contributed by atoms with Gasteiger partial charge in [0.15, 0.2) is 0 Å². The molecule has 0 saturated carbocycles. The fourth-order valence-corrected chi connectivity index (χ4v) is 3.36. The predicted octanol–water partition coefficient (Wildman–Crippen LogP) is 5.30. The molecule has 3 aromatic carbocycles. The molecule has 0 fully saturated rings. The maximum Gasteiger partial charge on any atom is 0.336 e. The summed E-state index contributed by atoms with van der Waals surface area (Å²) >= 11 is 0. The smallest absolute Gasteiger partial charge is 0.336 e. The summed E-state index contributed by atoms with van der Waals surface area (Å²) < 4.78 is 10.8. The number of rotatable bonds is 5. The highest BCUT2D eigenvalue weighted by Crippen LogP contribution is 2.33. The summed E-state index contributed by atoms with van der Waals surface area (Å²) in [5.74, 6) is -0.417. The molecule has 1 aromatic heterocycles. The summed E-state index contributed by atoms with van der Waals surface area (Å²) in [5, 5.41) is 11.6. The van der Waals surface area contributed by atoms with Gasteiger partial charge in [-0.3, -0.25) is 10.1 Å². The fraction of sp³-hybridized carbons (Fsp3) is 0.0400. The maximum atomic E-state index is 12.3. The van der Waals surface area contributed by atoms with Crippen LogP contribution in [-0.4, -0.2) is 10.9 Å². The number of benzene rings is 3. The summed E-state index contributed by atoms with van der Waals surface area (Å²) in [7, 11) is 0. The summed E-state index contributed by atoms with van der Waals surface area (Å²) in [6, 6.07) is 20.2. The van der Waals surface area contributed by atoms with Crippen molar-refractivity contribution in [1.29, 1.82) is 0 Å². The van der Waals surface area contributed by atoms with E-state index in [2.05, 4.69) is 0 Å². The number of hydrogen-bond acceptors (Lipinski definition) is 6. The van der Waals surface area contributed by atoms with Crippen LogP contribution in [0.15, 0.2) is 88.1 Å². The molecular weight excluding hydrogens is 410 g/mol. The SMILES string of the molecule is Cc1c(OC(=O)C=Cc2cccc([N+](=O)[O-])c2)ccc2c(-c3ccccc3)cc(=O)oc12. The van der Waals surface area contributed by atoms with Crippen molar-refractivity contribution < 1.29 is 18.9 Å². The van der Waals surface area contributed by atoms with Crippen LogP contribution in [0.5, 0.6) is 5.75 Å². The molecule has 4 rings (SSSR count). The second-order valence-electron chi connectivity index (χ2n) is 7.02. The monoisotopic (exact) mass is 427 g/mol. The molecular formula is C25H17NO6. The van der Waals surface area contributed by atoms with E-state index in [1.165, 1.54) is 36.4 Å². The van der Waals surface area contributed by atoms with Gasteiger partial charge in [-0.25, -0.2) is 9.59 Å². The van der Waals surface area contributed by atoms with Crippen LogP contribution < -0.4 is 10.4 Å². The van der Waals surface area contributed by atoms with Gasteiger partial charge in [0.2, 0.25) is 0 Å². The molecule has 7 heteroatoms. The summed E-state index contributed by atoms with van der Waals surface area (Å²) in [5.41, 5.74) is 2.35. The minimum absolute atomic E-state index is 0.0739. The third kappa shape index (κ3) is 4.32. The Morgan fingerprint density at radius 3 is 2.56 bits per heavy atom. The van der Waals surface area contributed by atoms with Crippen LogP contribution in [0.3, 0.4) is 0 Å². The summed E-state index contributed by atoms with van der Waals surface area (Å²) in [4.78, 5) is 34.8. The van der Waals surface area contributed by atoms with Crippen molar-refractivity contribution in [3.8, 4) is 16.9 Å². The Kier molecular flexibility index (Phi) is 5.63. The van der Waals surface area contributed by atoms with Gasteiger partial charge in [-0.1, -0.05) is 42.5 Å². The highest BCUT2D eigenvalue weighted by atomic mass is 16.6. The second-order valence-corrected chi connectivity index (χ2v) is 7.02. The minimum atomic E-state index is -0.666. The van der Waals surface area contributed by atoms with E-state index in [0.717, 1.165) is 16.5 Å². The molecule has 0 aliphatic rings. The lowest BCUT2D eigenvalue weighted by Gasteiger charge is -2.11. The lowest BCUT2D eigenvalue weighted by Crippen LogP contribution is -2.06. The molecule has 0 bridgehead atoms. The molecule has 0 unspecified atom stereocenters. The number of nitro groups is 1. The topological polar surface area (TPSA) is 99.6 Å². The molecule has 4 aromatic rings. The first kappa shape index (κ1) is 20.7. The molecule has 7 nitrogen and oxygen atoms in total. The van der Waals surface area contributed by atoms with E-state index >= 15 is 0 Å². The number of carbonyl (C=O) groups is 1. The fourth-order valence-electron chi connectivity index (χ4n) is 3.36. The van der Waals surface area contributed by atoms with Crippen LogP contribution in [-0.2, 0) is 4.79 Å². The maximum absolute atomic E-state index is 12.3. The highest BCUT2D eigenvalue weighted by molar-refractivity contribution is 5.96. The molecule has 0 saturated heterocycles. The molecule has 0 aliphatic heterocycles. The van der Waals surface area contributed by atoms with E-state index in [9.17, 15) is 19.7 Å². The van der Waals surface area contributed by atoms with Crippen LogP contribution in [0, 0.1) is 17.0 Å². The molecule has 0 N–H and O–H groups in total. The van der Waals surface area contributed by atoms with Crippen molar-refractivity contribution in [2.45, 2.75) is 6.92 Å². The van der Waals surface area contributed by atoms with Crippen molar-refractivity contribution in [1.82, 2.24) is 0 Å². The van der Waals surface area contributed by atoms with Gasteiger partial charge in [0.1, 0.15) is 11.3 Å². The number of carbonyl (C=O) groups excluding carboxylic acids is 1. The molecule has 32 heavy (non-hydrogen) atoms. The third-order valence-electron chi connectivity index (χ3n) is 4.90. The standard InChI is InChI=1S/C25H17NO6/c1-16-22(31-23(27)13-10-17-6-5-9-19(14-17)26(29)30)12-11-20-21(15-24(28)32-25(16)20)18-7-3-2-4-8-18/h2-15H,1H3. The van der Waals surface area contributed by atoms with Crippen molar-refractivity contribution in [2.75, 3.05) is 0 Å². The van der Waals surface area contributed by atoms with E-state index in [-0.39, 0.29) is 11.4 Å². The van der Waals surface area contributed by atoms with E-state index in [0.29, 0.717) is 16.7 Å². The quantitative estimate of drug-likeness (QED) is 0.107. The van der Waals surface area contributed by atoms with E-state index in [4.69, 9.17) is 9.15 Å². The van der Waals surface area contributed by atoms with Gasteiger partial charge in [0, 0.05) is 35.2 Å². The van der Waals surface area contributed by atoms with Gasteiger partial charge >= 0.3 is 11.6 Å². The number of esters is 1. The van der Waals surface area contributed by atoms with Crippen molar-refractivity contribution >= 4 is 28.7 Å². The summed E-state index contributed by atoms with van der Waals surface area (Å²) in [6.45, 7) is 1.70. The lowest BCUT2D eigenvalue weighted by molar-refractivity contribution is -0.384. The van der Waals surface area contributed by atoms with Gasteiger partial charge in [-0.05, 0) is 41.8 Å². The van der Waals surface area contributed by atoms with E-state index < -0.39 is 16.5 Å². The highest BCUT2D eigenvalue weighted by Gasteiger charge is 2.14. The molecule has 0 atom stereocenters. The van der Waals surface area contributed by atoms with Crippen LogP contribution in [0.2, 0.25) is 0 Å². The largest absolute Gasteiger partial charge is 0.423 e. The second kappa shape index (κ2) is 8.69. The normalized spacial score (nSPS) is 11.0. The lowest BCUT2D eigenvalue weighted by atomic mass is 10.0. The van der Waals surface area contributed by atoms with Crippen molar-refractivity contribution in [3.63, 3.8) is 0 Å². The van der Waals surface area contributed by atoms with Gasteiger partial charge in [-0.15, -0.1) is 0 Å². The van der Waals surface area contributed by atoms with Crippen molar-refractivity contribution in [2.24, 2.45) is 0 Å². The number of nitro benzene ring substituents is 1. The van der Waals surface area contributed by atoms with Crippen LogP contribution >= 0.6 is 0 Å². The zero-order chi connectivity index (χ0) is 22.7. The first-order valence-corrected chi connectivity index (χ1v) is 9.69. The molecule has 158 valence electrons. The average molecular weight is 427 g/mol. The number of non-ortho nitro benzene ring substituents is 1. The van der Waals surface area contributed by atoms with Crippen LogP contribution in [0.4, 0.5) is 5.69 Å². The average Bonchev–Trinajstić information content (AvgIpc) is 2.80. The van der Waals surface area contributed by atoms with Crippen molar-refractivity contribution in [3.05, 3.63) is 111 Å². The Labute approximate surface area is 182 Å². The number of aryl methyl sites for hydroxylation is 1. The molecule has 0 amide bonds. The predicted molar refractivity (Wildman–Crippen MR) is 120 cm³/mol. The minimum Gasteiger partial charge on any atom is -0.423 e. The first-order valence-electron chi connectivity index (χ1n) is 9.69. The Balaban J connectivity index is 1.63. The summed E-state index contributed by atoms with van der Waals surface area (Å²) in [6.07, 6.45) is 2.61. The molecule has 0 radical (unpaired) electrons. The number of nitrogens with zero attached hydrogens (tertiary/aromatic N) is 1. The first-order chi connectivity index (χ1) is 15.4. The van der Waals surface area contributed by atoms with Gasteiger partial charge in [0.25, 0.3) is 5.69 Å². The van der Waals surface area contributed by atoms with Gasteiger partial charge < -0.3 is 9.15 Å². The Bertz CT molecular complexity index is 1420. The third-order valence-corrected chi connectivity index (χ3v) is 4.90. The Morgan fingerprint density at radius 2 is 1.81 bits per heavy atom. The van der Waals surface area contributed by atoms with Crippen LogP contribution in [0.1, 0.15) is 11.1 Å². The molecule has 0 spiro atoms. The number of hydrogen-bond donors (Lipinski definition) is 0. The molecule has 0 aliphatic carbocycles.